The minimum atomic E-state index is 0.212. The van der Waals surface area contributed by atoms with Gasteiger partial charge in [-0.1, -0.05) is 39.8 Å². The van der Waals surface area contributed by atoms with Gasteiger partial charge < -0.3 is 10.2 Å². The molecular weight excluding hydrogens is 432 g/mol. The van der Waals surface area contributed by atoms with Gasteiger partial charge >= 0.3 is 0 Å². The molecule has 4 heteroatoms. The maximum atomic E-state index is 10.5. The van der Waals surface area contributed by atoms with Crippen LogP contribution in [-0.2, 0) is 12.8 Å². The topological polar surface area (TPSA) is 65.2 Å². The second-order valence-electron chi connectivity index (χ2n) is 11.2. The van der Waals surface area contributed by atoms with E-state index in [1.807, 2.05) is 26.3 Å². The number of phenols is 2. The van der Waals surface area contributed by atoms with Crippen molar-refractivity contribution in [3.63, 3.8) is 0 Å². The van der Waals surface area contributed by atoms with Crippen molar-refractivity contribution in [1.82, 2.24) is 0 Å². The van der Waals surface area contributed by atoms with E-state index in [0.29, 0.717) is 23.3 Å². The van der Waals surface area contributed by atoms with E-state index in [1.54, 1.807) is 0 Å². The van der Waals surface area contributed by atoms with Crippen molar-refractivity contribution in [2.45, 2.75) is 98.6 Å². The third-order valence-corrected chi connectivity index (χ3v) is 7.03. The van der Waals surface area contributed by atoms with Gasteiger partial charge in [0.15, 0.2) is 0 Å². The number of aliphatic imine (C=N–C) groups is 2. The van der Waals surface area contributed by atoms with Crippen molar-refractivity contribution < 1.29 is 10.2 Å². The van der Waals surface area contributed by atoms with Gasteiger partial charge in [0, 0.05) is 23.6 Å². The van der Waals surface area contributed by atoms with Crippen molar-refractivity contribution >= 4 is 12.4 Å². The Bertz CT molecular complexity index is 969. The van der Waals surface area contributed by atoms with Crippen LogP contribution in [0.3, 0.4) is 0 Å². The van der Waals surface area contributed by atoms with E-state index in [0.717, 1.165) is 67.2 Å². The Balaban J connectivity index is 1.64. The van der Waals surface area contributed by atoms with Crippen LogP contribution in [0, 0.1) is 25.7 Å². The maximum Gasteiger partial charge on any atom is 0.127 e. The molecule has 0 bridgehead atoms. The van der Waals surface area contributed by atoms with Crippen LogP contribution in [0.1, 0.15) is 93.2 Å². The van der Waals surface area contributed by atoms with Gasteiger partial charge in [-0.2, -0.15) is 0 Å². The molecule has 1 saturated carbocycles. The Morgan fingerprint density at radius 3 is 1.51 bits per heavy atom. The lowest BCUT2D eigenvalue weighted by molar-refractivity contribution is 0.469. The molecule has 0 saturated heterocycles. The fraction of sp³-hybridized carbons (Fsp3) is 0.548. The summed E-state index contributed by atoms with van der Waals surface area (Å²) in [5.41, 5.74) is 5.97. The molecule has 4 nitrogen and oxygen atoms in total. The third-order valence-electron chi connectivity index (χ3n) is 7.03. The lowest BCUT2D eigenvalue weighted by Gasteiger charge is -2.11. The molecule has 1 aliphatic rings. The summed E-state index contributed by atoms with van der Waals surface area (Å²) in [5.74, 6) is 1.98. The minimum absolute atomic E-state index is 0.212. The highest BCUT2D eigenvalue weighted by molar-refractivity contribution is 5.85. The Kier molecular flexibility index (Phi) is 9.54. The van der Waals surface area contributed by atoms with E-state index in [-0.39, 0.29) is 12.1 Å². The standard InChI is InChI=1S/C31H44N2O2/c1-20(2)7-9-24-13-22(5)30(34)26(15-24)18-32-28-11-12-29(17-28)33-19-27-16-25(10-8-21(3)4)14-23(6)31(27)35/h13-16,18-21,28-29,34-35H,7-12,17H2,1-6H3. The van der Waals surface area contributed by atoms with Gasteiger partial charge in [-0.15, -0.1) is 0 Å². The molecule has 0 aromatic heterocycles. The van der Waals surface area contributed by atoms with Crippen molar-refractivity contribution in [2.75, 3.05) is 0 Å². The Morgan fingerprint density at radius 2 is 1.14 bits per heavy atom. The maximum absolute atomic E-state index is 10.5. The highest BCUT2D eigenvalue weighted by Crippen LogP contribution is 2.29. The van der Waals surface area contributed by atoms with Gasteiger partial charge in [-0.05, 0) is 105 Å². The zero-order valence-electron chi connectivity index (χ0n) is 22.5. The molecule has 2 N–H and O–H groups in total. The molecule has 3 rings (SSSR count). The Morgan fingerprint density at radius 1 is 0.743 bits per heavy atom. The van der Waals surface area contributed by atoms with Gasteiger partial charge in [0.25, 0.3) is 0 Å². The molecule has 1 aliphatic carbocycles. The molecule has 2 aromatic carbocycles. The highest BCUT2D eigenvalue weighted by atomic mass is 16.3. The monoisotopic (exact) mass is 476 g/mol. The summed E-state index contributed by atoms with van der Waals surface area (Å²) < 4.78 is 0. The minimum Gasteiger partial charge on any atom is -0.507 e. The SMILES string of the molecule is Cc1cc(CCC(C)C)cc(C=NC2CCC(N=Cc3cc(CCC(C)C)cc(C)c3O)C2)c1O. The van der Waals surface area contributed by atoms with Gasteiger partial charge in [-0.3, -0.25) is 9.98 Å². The fourth-order valence-corrected chi connectivity index (χ4v) is 4.74. The number of hydrogen-bond donors (Lipinski definition) is 2. The van der Waals surface area contributed by atoms with E-state index in [2.05, 4.69) is 52.0 Å². The number of hydrogen-bond acceptors (Lipinski definition) is 4. The lowest BCUT2D eigenvalue weighted by atomic mass is 9.98. The predicted molar refractivity (Wildman–Crippen MR) is 149 cm³/mol. The fourth-order valence-electron chi connectivity index (χ4n) is 4.74. The zero-order chi connectivity index (χ0) is 25.5. The molecule has 0 radical (unpaired) electrons. The Labute approximate surface area is 212 Å². The first-order chi connectivity index (χ1) is 16.6. The van der Waals surface area contributed by atoms with Crippen molar-refractivity contribution in [1.29, 1.82) is 0 Å². The van der Waals surface area contributed by atoms with Crippen LogP contribution in [0.15, 0.2) is 34.3 Å². The average Bonchev–Trinajstić information content (AvgIpc) is 3.26. The summed E-state index contributed by atoms with van der Waals surface area (Å²) in [7, 11) is 0. The van der Waals surface area contributed by atoms with E-state index >= 15 is 0 Å². The van der Waals surface area contributed by atoms with Gasteiger partial charge in [0.05, 0.1) is 12.1 Å². The van der Waals surface area contributed by atoms with Crippen LogP contribution in [0.25, 0.3) is 0 Å². The molecule has 35 heavy (non-hydrogen) atoms. The van der Waals surface area contributed by atoms with Crippen LogP contribution < -0.4 is 0 Å². The first kappa shape index (κ1) is 27.0. The number of phenolic OH excluding ortho intramolecular Hbond substituents is 2. The number of nitrogens with zero attached hydrogens (tertiary/aromatic N) is 2. The van der Waals surface area contributed by atoms with E-state index < -0.39 is 0 Å². The van der Waals surface area contributed by atoms with Crippen molar-refractivity contribution in [3.05, 3.63) is 57.6 Å². The number of rotatable bonds is 10. The normalized spacial score (nSPS) is 18.6. The van der Waals surface area contributed by atoms with E-state index in [9.17, 15) is 10.2 Å². The first-order valence-corrected chi connectivity index (χ1v) is 13.3. The molecule has 0 aliphatic heterocycles. The van der Waals surface area contributed by atoms with E-state index in [1.165, 1.54) is 11.1 Å². The van der Waals surface area contributed by atoms with Crippen LogP contribution in [0.4, 0.5) is 0 Å². The van der Waals surface area contributed by atoms with Crippen LogP contribution in [0.2, 0.25) is 0 Å². The van der Waals surface area contributed by atoms with Crippen LogP contribution in [-0.4, -0.2) is 34.7 Å². The summed E-state index contributed by atoms with van der Waals surface area (Å²) in [4.78, 5) is 9.63. The van der Waals surface area contributed by atoms with Gasteiger partial charge in [-0.25, -0.2) is 0 Å². The highest BCUT2D eigenvalue weighted by Gasteiger charge is 2.23. The first-order valence-electron chi connectivity index (χ1n) is 13.3. The Hall–Kier alpha value is -2.62. The zero-order valence-corrected chi connectivity index (χ0v) is 22.5. The second kappa shape index (κ2) is 12.4. The molecule has 2 aromatic rings. The van der Waals surface area contributed by atoms with Gasteiger partial charge in [0.2, 0.25) is 0 Å². The lowest BCUT2D eigenvalue weighted by Crippen LogP contribution is -2.03. The number of aryl methyl sites for hydroxylation is 4. The van der Waals surface area contributed by atoms with Crippen LogP contribution >= 0.6 is 0 Å². The molecule has 2 unspecified atom stereocenters. The molecule has 2 atom stereocenters. The summed E-state index contributed by atoms with van der Waals surface area (Å²) in [6, 6.07) is 8.76. The largest absolute Gasteiger partial charge is 0.507 e. The molecule has 190 valence electrons. The van der Waals surface area contributed by atoms with E-state index in [4.69, 9.17) is 9.98 Å². The molecular formula is C31H44N2O2. The quantitative estimate of drug-likeness (QED) is 0.352. The summed E-state index contributed by atoms with van der Waals surface area (Å²) >= 11 is 0. The van der Waals surface area contributed by atoms with Gasteiger partial charge in [0.1, 0.15) is 11.5 Å². The summed E-state index contributed by atoms with van der Waals surface area (Å²) in [6.45, 7) is 12.9. The smallest absolute Gasteiger partial charge is 0.127 e. The number of benzene rings is 2. The molecule has 0 amide bonds. The molecule has 0 spiro atoms. The van der Waals surface area contributed by atoms with Crippen molar-refractivity contribution in [2.24, 2.45) is 21.8 Å². The summed E-state index contributed by atoms with van der Waals surface area (Å²) in [6.07, 6.45) is 10.9. The summed E-state index contributed by atoms with van der Waals surface area (Å²) in [5, 5.41) is 21.1. The average molecular weight is 477 g/mol. The number of aromatic hydroxyl groups is 2. The predicted octanol–water partition coefficient (Wildman–Crippen LogP) is 7.35. The molecule has 0 heterocycles. The third kappa shape index (κ3) is 7.95. The van der Waals surface area contributed by atoms with Crippen molar-refractivity contribution in [3.8, 4) is 11.5 Å². The van der Waals surface area contributed by atoms with Crippen LogP contribution in [0.5, 0.6) is 11.5 Å². The second-order valence-corrected chi connectivity index (χ2v) is 11.2. The molecule has 1 fully saturated rings.